The van der Waals surface area contributed by atoms with Crippen LogP contribution in [0.15, 0.2) is 23.1 Å². The Kier molecular flexibility index (Phi) is 4.01. The van der Waals surface area contributed by atoms with Gasteiger partial charge in [0.05, 0.1) is 7.11 Å². The van der Waals surface area contributed by atoms with E-state index >= 15 is 0 Å². The number of methoxy groups -OCH3 is 1. The Labute approximate surface area is 116 Å². The lowest BCUT2D eigenvalue weighted by atomic mass is 9.85. The van der Waals surface area contributed by atoms with E-state index in [1.54, 1.807) is 6.07 Å². The normalized spacial score (nSPS) is 15.7. The van der Waals surface area contributed by atoms with Crippen molar-refractivity contribution in [3.63, 3.8) is 0 Å². The first-order chi connectivity index (χ1) is 8.91. The lowest BCUT2D eigenvalue weighted by molar-refractivity contribution is -0.122. The molecule has 0 heterocycles. The van der Waals surface area contributed by atoms with Crippen molar-refractivity contribution in [3.8, 4) is 5.75 Å². The van der Waals surface area contributed by atoms with Crippen molar-refractivity contribution in [2.24, 2.45) is 5.92 Å². The van der Waals surface area contributed by atoms with Crippen molar-refractivity contribution in [3.05, 3.63) is 18.2 Å². The van der Waals surface area contributed by atoms with Crippen LogP contribution in [0, 0.1) is 5.92 Å². The third-order valence-corrected chi connectivity index (χ3v) is 4.51. The SMILES string of the molecule is COc1ccc(NC(=O)C2CCC2)cc1S(=O)(=O)Cl. The van der Waals surface area contributed by atoms with Crippen molar-refractivity contribution in [2.45, 2.75) is 24.2 Å². The fourth-order valence-electron chi connectivity index (χ4n) is 1.86. The van der Waals surface area contributed by atoms with Gasteiger partial charge in [0.15, 0.2) is 0 Å². The van der Waals surface area contributed by atoms with Gasteiger partial charge in [-0.25, -0.2) is 8.42 Å². The Morgan fingerprint density at radius 2 is 2.11 bits per heavy atom. The number of hydrogen-bond acceptors (Lipinski definition) is 4. The number of benzene rings is 1. The highest BCUT2D eigenvalue weighted by Crippen LogP contribution is 2.31. The molecular weight excluding hydrogens is 290 g/mol. The summed E-state index contributed by atoms with van der Waals surface area (Å²) in [5, 5.41) is 2.69. The summed E-state index contributed by atoms with van der Waals surface area (Å²) in [7, 11) is 2.77. The monoisotopic (exact) mass is 303 g/mol. The van der Waals surface area contributed by atoms with E-state index in [1.165, 1.54) is 19.2 Å². The number of anilines is 1. The van der Waals surface area contributed by atoms with Gasteiger partial charge in [0.1, 0.15) is 10.6 Å². The van der Waals surface area contributed by atoms with Crippen LogP contribution in [0.2, 0.25) is 0 Å². The van der Waals surface area contributed by atoms with E-state index in [0.717, 1.165) is 19.3 Å². The minimum Gasteiger partial charge on any atom is -0.495 e. The quantitative estimate of drug-likeness (QED) is 0.867. The molecule has 0 atom stereocenters. The van der Waals surface area contributed by atoms with Gasteiger partial charge in [-0.1, -0.05) is 6.42 Å². The molecule has 0 aliphatic heterocycles. The Morgan fingerprint density at radius 3 is 2.58 bits per heavy atom. The van der Waals surface area contributed by atoms with Crippen LogP contribution < -0.4 is 10.1 Å². The molecule has 1 aromatic carbocycles. The van der Waals surface area contributed by atoms with E-state index < -0.39 is 9.05 Å². The molecular formula is C12H14ClNO4S. The predicted octanol–water partition coefficient (Wildman–Crippen LogP) is 2.36. The summed E-state index contributed by atoms with van der Waals surface area (Å²) >= 11 is 0. The van der Waals surface area contributed by atoms with Crippen LogP contribution in [0.4, 0.5) is 5.69 Å². The number of rotatable bonds is 4. The van der Waals surface area contributed by atoms with Crippen LogP contribution in [0.5, 0.6) is 5.75 Å². The highest BCUT2D eigenvalue weighted by Gasteiger charge is 2.25. The predicted molar refractivity (Wildman–Crippen MR) is 72.0 cm³/mol. The molecule has 5 nitrogen and oxygen atoms in total. The van der Waals surface area contributed by atoms with Crippen LogP contribution in [0.3, 0.4) is 0 Å². The fourth-order valence-corrected chi connectivity index (χ4v) is 2.88. The average molecular weight is 304 g/mol. The number of hydrogen-bond donors (Lipinski definition) is 1. The molecule has 2 rings (SSSR count). The number of halogens is 1. The smallest absolute Gasteiger partial charge is 0.265 e. The molecule has 0 radical (unpaired) electrons. The second-order valence-corrected chi connectivity index (χ2v) is 6.95. The first kappa shape index (κ1) is 14.1. The zero-order chi connectivity index (χ0) is 14.0. The maximum absolute atomic E-state index is 11.8. The molecule has 1 amide bonds. The first-order valence-electron chi connectivity index (χ1n) is 5.85. The number of carbonyl (C=O) groups excluding carboxylic acids is 1. The Morgan fingerprint density at radius 1 is 1.42 bits per heavy atom. The second kappa shape index (κ2) is 5.38. The van der Waals surface area contributed by atoms with Crippen LogP contribution in [0.1, 0.15) is 19.3 Å². The lowest BCUT2D eigenvalue weighted by Crippen LogP contribution is -2.28. The molecule has 1 N–H and O–H groups in total. The summed E-state index contributed by atoms with van der Waals surface area (Å²) in [4.78, 5) is 11.6. The van der Waals surface area contributed by atoms with E-state index in [0.29, 0.717) is 5.69 Å². The number of nitrogens with one attached hydrogen (secondary N) is 1. The molecule has 1 saturated carbocycles. The first-order valence-corrected chi connectivity index (χ1v) is 8.16. The summed E-state index contributed by atoms with van der Waals surface area (Å²) in [6.07, 6.45) is 2.81. The number of carbonyl (C=O) groups is 1. The van der Waals surface area contributed by atoms with Crippen LogP contribution in [-0.2, 0) is 13.8 Å². The van der Waals surface area contributed by atoms with Crippen molar-refractivity contribution >= 4 is 31.3 Å². The standard InChI is InChI=1S/C12H14ClNO4S/c1-18-10-6-5-9(7-11(10)19(13,16)17)14-12(15)8-3-2-4-8/h5-8H,2-4H2,1H3,(H,14,15). The molecule has 104 valence electrons. The molecule has 0 aromatic heterocycles. The van der Waals surface area contributed by atoms with Gasteiger partial charge in [-0.15, -0.1) is 0 Å². The van der Waals surface area contributed by atoms with Crippen molar-refractivity contribution < 1.29 is 17.9 Å². The van der Waals surface area contributed by atoms with Gasteiger partial charge in [-0.3, -0.25) is 4.79 Å². The molecule has 0 bridgehead atoms. The largest absolute Gasteiger partial charge is 0.495 e. The van der Waals surface area contributed by atoms with Gasteiger partial charge in [0.2, 0.25) is 5.91 Å². The van der Waals surface area contributed by atoms with Crippen molar-refractivity contribution in [1.82, 2.24) is 0 Å². The van der Waals surface area contributed by atoms with E-state index in [-0.39, 0.29) is 22.5 Å². The molecule has 0 spiro atoms. The highest BCUT2D eigenvalue weighted by atomic mass is 35.7. The summed E-state index contributed by atoms with van der Waals surface area (Å²) in [6, 6.07) is 4.35. The summed E-state index contributed by atoms with van der Waals surface area (Å²) in [6.45, 7) is 0. The lowest BCUT2D eigenvalue weighted by Gasteiger charge is -2.24. The van der Waals surface area contributed by atoms with Crippen LogP contribution >= 0.6 is 10.7 Å². The van der Waals surface area contributed by atoms with E-state index in [4.69, 9.17) is 15.4 Å². The van der Waals surface area contributed by atoms with Crippen molar-refractivity contribution in [1.29, 1.82) is 0 Å². The van der Waals surface area contributed by atoms with E-state index in [1.807, 2.05) is 0 Å². The Bertz CT molecular complexity index is 596. The molecule has 1 aromatic rings. The van der Waals surface area contributed by atoms with Gasteiger partial charge >= 0.3 is 0 Å². The Balaban J connectivity index is 2.25. The third kappa shape index (κ3) is 3.19. The van der Waals surface area contributed by atoms with Gasteiger partial charge in [-0.05, 0) is 31.0 Å². The van der Waals surface area contributed by atoms with Gasteiger partial charge in [0.25, 0.3) is 9.05 Å². The highest BCUT2D eigenvalue weighted by molar-refractivity contribution is 8.13. The summed E-state index contributed by atoms with van der Waals surface area (Å²) in [5.74, 6) is 0.0872. The second-order valence-electron chi connectivity index (χ2n) is 4.42. The summed E-state index contributed by atoms with van der Waals surface area (Å²) < 4.78 is 27.8. The van der Waals surface area contributed by atoms with Crippen LogP contribution in [0.25, 0.3) is 0 Å². The number of ether oxygens (including phenoxy) is 1. The average Bonchev–Trinajstić information content (AvgIpc) is 2.25. The van der Waals surface area contributed by atoms with Gasteiger partial charge in [0, 0.05) is 22.3 Å². The summed E-state index contributed by atoms with van der Waals surface area (Å²) in [5.41, 5.74) is 0.400. The Hall–Kier alpha value is -1.27. The maximum Gasteiger partial charge on any atom is 0.265 e. The molecule has 1 fully saturated rings. The minimum absolute atomic E-state index is 0.0261. The van der Waals surface area contributed by atoms with E-state index in [2.05, 4.69) is 5.32 Å². The molecule has 1 aliphatic carbocycles. The zero-order valence-corrected chi connectivity index (χ0v) is 11.9. The topological polar surface area (TPSA) is 72.5 Å². The molecule has 0 saturated heterocycles. The minimum atomic E-state index is -3.92. The van der Waals surface area contributed by atoms with Crippen molar-refractivity contribution in [2.75, 3.05) is 12.4 Å². The molecule has 19 heavy (non-hydrogen) atoms. The van der Waals surface area contributed by atoms with Crippen LogP contribution in [-0.4, -0.2) is 21.4 Å². The maximum atomic E-state index is 11.8. The molecule has 0 unspecified atom stereocenters. The zero-order valence-electron chi connectivity index (χ0n) is 10.3. The third-order valence-electron chi connectivity index (χ3n) is 3.17. The molecule has 1 aliphatic rings. The van der Waals surface area contributed by atoms with Gasteiger partial charge in [-0.2, -0.15) is 0 Å². The van der Waals surface area contributed by atoms with E-state index in [9.17, 15) is 13.2 Å². The fraction of sp³-hybridized carbons (Fsp3) is 0.417. The molecule has 7 heteroatoms. The van der Waals surface area contributed by atoms with Gasteiger partial charge < -0.3 is 10.1 Å². The number of amides is 1.